The molecule has 0 aliphatic rings. The maximum absolute atomic E-state index is 12.2. The number of nitrogens with zero attached hydrogens (tertiary/aromatic N) is 2. The third kappa shape index (κ3) is 2.76. The monoisotopic (exact) mass is 260 g/mol. The van der Waals surface area contributed by atoms with E-state index < -0.39 is 0 Å². The van der Waals surface area contributed by atoms with E-state index in [1.54, 1.807) is 37.6 Å². The van der Waals surface area contributed by atoms with E-state index in [1.165, 1.54) is 9.13 Å². The first kappa shape index (κ1) is 13.1. The molecule has 1 heterocycles. The van der Waals surface area contributed by atoms with Gasteiger partial charge in [-0.25, -0.2) is 4.79 Å². The van der Waals surface area contributed by atoms with Crippen molar-refractivity contribution < 1.29 is 9.53 Å². The molecular formula is C14H16N2O3. The van der Waals surface area contributed by atoms with Gasteiger partial charge in [0, 0.05) is 19.4 Å². The maximum Gasteiger partial charge on any atom is 0.328 e. The maximum atomic E-state index is 12.2. The van der Waals surface area contributed by atoms with Crippen LogP contribution in [0.3, 0.4) is 0 Å². The predicted octanol–water partition coefficient (Wildman–Crippen LogP) is 1.47. The zero-order valence-corrected chi connectivity index (χ0v) is 11.0. The minimum atomic E-state index is -0.206. The van der Waals surface area contributed by atoms with Gasteiger partial charge < -0.3 is 9.30 Å². The number of carbonyl (C=O) groups is 1. The van der Waals surface area contributed by atoms with Crippen LogP contribution in [-0.2, 0) is 13.6 Å². The van der Waals surface area contributed by atoms with E-state index in [9.17, 15) is 9.59 Å². The van der Waals surface area contributed by atoms with Crippen LogP contribution in [0.15, 0.2) is 41.5 Å². The molecule has 0 aliphatic heterocycles. The molecule has 0 fully saturated rings. The van der Waals surface area contributed by atoms with E-state index in [4.69, 9.17) is 4.74 Å². The molecule has 5 nitrogen and oxygen atoms in total. The predicted molar refractivity (Wildman–Crippen MR) is 71.6 cm³/mol. The number of aryl methyl sites for hydroxylation is 1. The lowest BCUT2D eigenvalue weighted by Crippen LogP contribution is -2.25. The van der Waals surface area contributed by atoms with Crippen molar-refractivity contribution in [2.24, 2.45) is 7.05 Å². The van der Waals surface area contributed by atoms with Gasteiger partial charge in [0.25, 0.3) is 0 Å². The second-order valence-electron chi connectivity index (χ2n) is 4.17. The number of hydrogen-bond acceptors (Lipinski definition) is 3. The minimum Gasteiger partial charge on any atom is -0.493 e. The molecule has 0 amide bonds. The summed E-state index contributed by atoms with van der Waals surface area (Å²) in [5.41, 5.74) is 0.294. The van der Waals surface area contributed by atoms with Gasteiger partial charge in [0.2, 0.25) is 0 Å². The molecule has 0 unspecified atom stereocenters. The van der Waals surface area contributed by atoms with Crippen LogP contribution in [-0.4, -0.2) is 21.5 Å². The largest absolute Gasteiger partial charge is 0.493 e. The molecule has 1 aromatic heterocycles. The molecule has 19 heavy (non-hydrogen) atoms. The van der Waals surface area contributed by atoms with Gasteiger partial charge in [0.15, 0.2) is 5.78 Å². The lowest BCUT2D eigenvalue weighted by atomic mass is 10.1. The lowest BCUT2D eigenvalue weighted by molar-refractivity contribution is 0.0967. The fourth-order valence-corrected chi connectivity index (χ4v) is 1.85. The smallest absolute Gasteiger partial charge is 0.328 e. The Morgan fingerprint density at radius 2 is 2.00 bits per heavy atom. The Bertz CT molecular complexity index is 640. The number of carbonyl (C=O) groups excluding carboxylic acids is 1. The Balaban J connectivity index is 2.25. The van der Waals surface area contributed by atoms with Gasteiger partial charge >= 0.3 is 5.69 Å². The van der Waals surface area contributed by atoms with Crippen molar-refractivity contribution in [3.05, 3.63) is 52.7 Å². The molecule has 5 heteroatoms. The molecule has 1 aromatic carbocycles. The van der Waals surface area contributed by atoms with Crippen molar-refractivity contribution in [1.29, 1.82) is 0 Å². The van der Waals surface area contributed by atoms with Crippen LogP contribution in [0.25, 0.3) is 0 Å². The standard InChI is InChI=1S/C14H16N2O3/c1-3-19-13-7-5-4-6-11(13)12(17)10-16-9-8-15(2)14(16)18/h4-9H,3,10H2,1-2H3. The summed E-state index contributed by atoms with van der Waals surface area (Å²) in [5, 5.41) is 0. The summed E-state index contributed by atoms with van der Waals surface area (Å²) in [5.74, 6) is 0.413. The van der Waals surface area contributed by atoms with Crippen LogP contribution in [0.5, 0.6) is 5.75 Å². The quantitative estimate of drug-likeness (QED) is 0.765. The van der Waals surface area contributed by atoms with E-state index in [0.29, 0.717) is 17.9 Å². The number of rotatable bonds is 5. The van der Waals surface area contributed by atoms with Gasteiger partial charge in [0.1, 0.15) is 5.75 Å². The molecule has 0 N–H and O–H groups in total. The number of para-hydroxylation sites is 1. The molecule has 0 saturated heterocycles. The summed E-state index contributed by atoms with van der Waals surface area (Å²) < 4.78 is 8.23. The lowest BCUT2D eigenvalue weighted by Gasteiger charge is -2.09. The summed E-state index contributed by atoms with van der Waals surface area (Å²) in [6.07, 6.45) is 3.23. The highest BCUT2D eigenvalue weighted by atomic mass is 16.5. The topological polar surface area (TPSA) is 53.2 Å². The number of hydrogen-bond donors (Lipinski definition) is 0. The molecule has 0 saturated carbocycles. The average molecular weight is 260 g/mol. The van der Waals surface area contributed by atoms with E-state index in [0.717, 1.165) is 0 Å². The van der Waals surface area contributed by atoms with Gasteiger partial charge in [-0.05, 0) is 19.1 Å². The number of imidazole rings is 1. The van der Waals surface area contributed by atoms with Crippen LogP contribution in [0.1, 0.15) is 17.3 Å². The number of ketones is 1. The third-order valence-electron chi connectivity index (χ3n) is 2.82. The first-order chi connectivity index (χ1) is 9.13. The van der Waals surface area contributed by atoms with Gasteiger partial charge in [-0.3, -0.25) is 9.36 Å². The third-order valence-corrected chi connectivity index (χ3v) is 2.82. The second-order valence-corrected chi connectivity index (χ2v) is 4.17. The number of aromatic nitrogens is 2. The Labute approximate surface area is 111 Å². The van der Waals surface area contributed by atoms with Crippen LogP contribution in [0, 0.1) is 0 Å². The molecule has 0 bridgehead atoms. The van der Waals surface area contributed by atoms with Crippen molar-refractivity contribution >= 4 is 5.78 Å². The molecule has 2 rings (SSSR count). The average Bonchev–Trinajstić information content (AvgIpc) is 2.72. The SMILES string of the molecule is CCOc1ccccc1C(=O)Cn1ccn(C)c1=O. The Hall–Kier alpha value is -2.30. The molecule has 0 spiro atoms. The van der Waals surface area contributed by atoms with E-state index in [2.05, 4.69) is 0 Å². The number of benzene rings is 1. The summed E-state index contributed by atoms with van der Waals surface area (Å²) in [6.45, 7) is 2.38. The van der Waals surface area contributed by atoms with E-state index in [-0.39, 0.29) is 18.0 Å². The zero-order valence-electron chi connectivity index (χ0n) is 11.0. The van der Waals surface area contributed by atoms with Crippen LogP contribution in [0.4, 0.5) is 0 Å². The normalized spacial score (nSPS) is 10.4. The molecule has 2 aromatic rings. The Kier molecular flexibility index (Phi) is 3.85. The van der Waals surface area contributed by atoms with Crippen molar-refractivity contribution in [3.63, 3.8) is 0 Å². The highest BCUT2D eigenvalue weighted by molar-refractivity contribution is 5.98. The van der Waals surface area contributed by atoms with Crippen molar-refractivity contribution in [1.82, 2.24) is 9.13 Å². The molecular weight excluding hydrogens is 244 g/mol. The summed E-state index contributed by atoms with van der Waals surface area (Å²) in [4.78, 5) is 23.9. The van der Waals surface area contributed by atoms with Crippen LogP contribution in [0.2, 0.25) is 0 Å². The van der Waals surface area contributed by atoms with Crippen molar-refractivity contribution in [2.75, 3.05) is 6.61 Å². The number of Topliss-reactive ketones (excluding diaryl/α,β-unsaturated/α-hetero) is 1. The minimum absolute atomic E-state index is 0.0176. The van der Waals surface area contributed by atoms with Crippen LogP contribution < -0.4 is 10.4 Å². The van der Waals surface area contributed by atoms with Gasteiger partial charge in [-0.1, -0.05) is 12.1 Å². The second kappa shape index (κ2) is 5.56. The van der Waals surface area contributed by atoms with Crippen molar-refractivity contribution in [2.45, 2.75) is 13.5 Å². The first-order valence-electron chi connectivity index (χ1n) is 6.10. The summed E-state index contributed by atoms with van der Waals surface area (Å²) in [6, 6.07) is 7.06. The van der Waals surface area contributed by atoms with Crippen LogP contribution >= 0.6 is 0 Å². The van der Waals surface area contributed by atoms with E-state index >= 15 is 0 Å². The molecule has 100 valence electrons. The van der Waals surface area contributed by atoms with Gasteiger partial charge in [-0.2, -0.15) is 0 Å². The summed E-state index contributed by atoms with van der Waals surface area (Å²) >= 11 is 0. The fraction of sp³-hybridized carbons (Fsp3) is 0.286. The highest BCUT2D eigenvalue weighted by Gasteiger charge is 2.13. The Morgan fingerprint density at radius 1 is 1.26 bits per heavy atom. The summed E-state index contributed by atoms with van der Waals surface area (Å²) in [7, 11) is 1.65. The van der Waals surface area contributed by atoms with Gasteiger partial charge in [0.05, 0.1) is 18.7 Å². The fourth-order valence-electron chi connectivity index (χ4n) is 1.85. The highest BCUT2D eigenvalue weighted by Crippen LogP contribution is 2.18. The molecule has 0 radical (unpaired) electrons. The van der Waals surface area contributed by atoms with Gasteiger partial charge in [-0.15, -0.1) is 0 Å². The molecule has 0 aliphatic carbocycles. The van der Waals surface area contributed by atoms with Crippen molar-refractivity contribution in [3.8, 4) is 5.75 Å². The van der Waals surface area contributed by atoms with E-state index in [1.807, 2.05) is 13.0 Å². The first-order valence-corrected chi connectivity index (χ1v) is 6.10. The molecule has 0 atom stereocenters. The number of ether oxygens (including phenoxy) is 1. The Morgan fingerprint density at radius 3 is 2.63 bits per heavy atom. The zero-order chi connectivity index (χ0) is 13.8.